The Morgan fingerprint density at radius 1 is 1.17 bits per heavy atom. The first kappa shape index (κ1) is 17.5. The second-order valence-electron chi connectivity index (χ2n) is 5.83. The molecule has 0 bridgehead atoms. The second-order valence-corrected chi connectivity index (χ2v) is 5.83. The van der Waals surface area contributed by atoms with E-state index >= 15 is 0 Å². The molecule has 0 atom stereocenters. The first-order valence-electron chi connectivity index (χ1n) is 6.18. The number of hydrogen-bond acceptors (Lipinski definition) is 4. The Hall–Kier alpha value is -0.463. The van der Waals surface area contributed by atoms with E-state index in [0.29, 0.717) is 0 Å². The van der Waals surface area contributed by atoms with Crippen LogP contribution in [0.15, 0.2) is 0 Å². The van der Waals surface area contributed by atoms with Crippen molar-refractivity contribution in [1.82, 2.24) is 0 Å². The Morgan fingerprint density at radius 2 is 1.67 bits per heavy atom. The van der Waals surface area contributed by atoms with E-state index in [0.717, 1.165) is 32.1 Å². The topological polar surface area (TPSA) is 66.4 Å². The van der Waals surface area contributed by atoms with Gasteiger partial charge < -0.3 is 14.6 Å². The van der Waals surface area contributed by atoms with E-state index in [1.165, 1.54) is 0 Å². The van der Waals surface area contributed by atoms with Gasteiger partial charge in [-0.1, -0.05) is 27.2 Å². The van der Waals surface area contributed by atoms with Crippen molar-refractivity contribution in [3.05, 3.63) is 0 Å². The SMILES string of the molecule is CC(C)(C)C1(OC(=O)CC(=O)[O-])CCCCC1.[Li+]. The molecule has 1 aliphatic carbocycles. The average Bonchev–Trinajstić information content (AvgIpc) is 2.15. The van der Waals surface area contributed by atoms with Crippen molar-refractivity contribution in [2.75, 3.05) is 0 Å². The molecule has 0 radical (unpaired) electrons. The third-order valence-corrected chi connectivity index (χ3v) is 3.63. The number of esters is 1. The maximum absolute atomic E-state index is 11.5. The number of carboxylic acid groups (broad SMARTS) is 1. The van der Waals surface area contributed by atoms with Crippen molar-refractivity contribution in [2.45, 2.75) is 64.9 Å². The van der Waals surface area contributed by atoms with E-state index in [1.54, 1.807) is 0 Å². The molecule has 98 valence electrons. The van der Waals surface area contributed by atoms with Crippen molar-refractivity contribution in [2.24, 2.45) is 5.41 Å². The summed E-state index contributed by atoms with van der Waals surface area (Å²) in [5.41, 5.74) is -0.688. The summed E-state index contributed by atoms with van der Waals surface area (Å²) in [4.78, 5) is 21.9. The van der Waals surface area contributed by atoms with E-state index in [2.05, 4.69) is 0 Å². The molecule has 0 aliphatic heterocycles. The van der Waals surface area contributed by atoms with Crippen LogP contribution in [0.1, 0.15) is 59.3 Å². The van der Waals surface area contributed by atoms with Gasteiger partial charge in [-0.05, 0) is 25.7 Å². The Kier molecular flexibility index (Phi) is 6.46. The molecule has 4 nitrogen and oxygen atoms in total. The molecule has 0 aromatic carbocycles. The standard InChI is InChI=1S/C13H22O4.Li/c1-12(2,3)13(7-5-4-6-8-13)17-11(16)9-10(14)15;/h4-9H2,1-3H3,(H,14,15);/q;+1/p-1. The molecule has 0 amide bonds. The molecule has 0 heterocycles. The second kappa shape index (κ2) is 6.63. The van der Waals surface area contributed by atoms with Gasteiger partial charge in [0.05, 0.1) is 12.4 Å². The van der Waals surface area contributed by atoms with Crippen LogP contribution in [0.4, 0.5) is 0 Å². The fourth-order valence-corrected chi connectivity index (χ4v) is 2.50. The van der Waals surface area contributed by atoms with Crippen LogP contribution in [0.2, 0.25) is 0 Å². The number of hydrogen-bond donors (Lipinski definition) is 0. The van der Waals surface area contributed by atoms with Gasteiger partial charge in [-0.25, -0.2) is 0 Å². The third-order valence-electron chi connectivity index (χ3n) is 3.63. The molecule has 5 heteroatoms. The molecule has 0 aromatic rings. The monoisotopic (exact) mass is 248 g/mol. The smallest absolute Gasteiger partial charge is 0.550 e. The van der Waals surface area contributed by atoms with E-state index in [4.69, 9.17) is 4.74 Å². The molecule has 1 aliphatic rings. The third kappa shape index (κ3) is 4.33. The van der Waals surface area contributed by atoms with Crippen molar-refractivity contribution in [1.29, 1.82) is 0 Å². The van der Waals surface area contributed by atoms with Gasteiger partial charge in [-0.3, -0.25) is 4.79 Å². The molecule has 1 rings (SSSR count). The van der Waals surface area contributed by atoms with E-state index < -0.39 is 24.0 Å². The van der Waals surface area contributed by atoms with Crippen LogP contribution < -0.4 is 24.0 Å². The molecule has 0 N–H and O–H groups in total. The van der Waals surface area contributed by atoms with Crippen LogP contribution in [0.5, 0.6) is 0 Å². The molecular formula is C13H21LiO4. The van der Waals surface area contributed by atoms with E-state index in [1.807, 2.05) is 20.8 Å². The quantitative estimate of drug-likeness (QED) is 0.343. The van der Waals surface area contributed by atoms with Crippen molar-refractivity contribution < 1.29 is 38.3 Å². The number of ether oxygens (including phenoxy) is 1. The number of carboxylic acids is 1. The van der Waals surface area contributed by atoms with Gasteiger partial charge in [0, 0.05) is 5.41 Å². The number of aliphatic carboxylic acids is 1. The minimum absolute atomic E-state index is 0. The largest absolute Gasteiger partial charge is 1.00 e. The minimum Gasteiger partial charge on any atom is -0.550 e. The van der Waals surface area contributed by atoms with Crippen LogP contribution in [0.3, 0.4) is 0 Å². The molecular weight excluding hydrogens is 227 g/mol. The molecule has 0 saturated heterocycles. The Balaban J connectivity index is 0.00000289. The minimum atomic E-state index is -1.38. The molecule has 0 unspecified atom stereocenters. The molecule has 0 aromatic heterocycles. The maximum Gasteiger partial charge on any atom is 1.00 e. The summed E-state index contributed by atoms with van der Waals surface area (Å²) in [6, 6.07) is 0. The summed E-state index contributed by atoms with van der Waals surface area (Å²) in [5.74, 6) is -2.06. The fourth-order valence-electron chi connectivity index (χ4n) is 2.50. The number of rotatable bonds is 3. The van der Waals surface area contributed by atoms with Gasteiger partial charge in [0.2, 0.25) is 0 Å². The molecule has 1 saturated carbocycles. The fraction of sp³-hybridized carbons (Fsp3) is 0.846. The van der Waals surface area contributed by atoms with Gasteiger partial charge >= 0.3 is 24.8 Å². The summed E-state index contributed by atoms with van der Waals surface area (Å²) < 4.78 is 5.49. The van der Waals surface area contributed by atoms with Gasteiger partial charge in [0.1, 0.15) is 5.60 Å². The summed E-state index contributed by atoms with van der Waals surface area (Å²) in [6.07, 6.45) is 4.17. The summed E-state index contributed by atoms with van der Waals surface area (Å²) in [5, 5.41) is 10.4. The van der Waals surface area contributed by atoms with Crippen LogP contribution in [0, 0.1) is 5.41 Å². The van der Waals surface area contributed by atoms with Crippen LogP contribution in [0.25, 0.3) is 0 Å². The van der Waals surface area contributed by atoms with Crippen molar-refractivity contribution in [3.8, 4) is 0 Å². The first-order chi connectivity index (χ1) is 7.77. The van der Waals surface area contributed by atoms with Gasteiger partial charge in [0.15, 0.2) is 0 Å². The number of carbonyl (C=O) groups excluding carboxylic acids is 2. The van der Waals surface area contributed by atoms with E-state index in [9.17, 15) is 14.7 Å². The van der Waals surface area contributed by atoms with Crippen LogP contribution in [-0.4, -0.2) is 17.5 Å². The predicted octanol–water partition coefficient (Wildman–Crippen LogP) is -1.58. The zero-order valence-corrected chi connectivity index (χ0v) is 11.9. The van der Waals surface area contributed by atoms with Crippen LogP contribution in [-0.2, 0) is 14.3 Å². The maximum atomic E-state index is 11.5. The summed E-state index contributed by atoms with van der Waals surface area (Å²) in [6.45, 7) is 6.10. The summed E-state index contributed by atoms with van der Waals surface area (Å²) >= 11 is 0. The molecule has 1 fully saturated rings. The Morgan fingerprint density at radius 3 is 2.06 bits per heavy atom. The molecule has 0 spiro atoms. The van der Waals surface area contributed by atoms with Crippen LogP contribution >= 0.6 is 0 Å². The first-order valence-corrected chi connectivity index (χ1v) is 6.18. The Labute approximate surface area is 121 Å². The van der Waals surface area contributed by atoms with Crippen molar-refractivity contribution in [3.63, 3.8) is 0 Å². The zero-order valence-electron chi connectivity index (χ0n) is 11.9. The Bertz CT molecular complexity index is 301. The molecule has 18 heavy (non-hydrogen) atoms. The normalized spacial score (nSPS) is 18.6. The van der Waals surface area contributed by atoms with Gasteiger partial charge in [-0.2, -0.15) is 0 Å². The van der Waals surface area contributed by atoms with E-state index in [-0.39, 0.29) is 24.3 Å². The van der Waals surface area contributed by atoms with Crippen molar-refractivity contribution >= 4 is 11.9 Å². The predicted molar refractivity (Wildman–Crippen MR) is 61.0 cm³/mol. The average molecular weight is 248 g/mol. The van der Waals surface area contributed by atoms with Gasteiger partial charge in [-0.15, -0.1) is 0 Å². The zero-order chi connectivity index (χ0) is 13.1. The van der Waals surface area contributed by atoms with Gasteiger partial charge in [0.25, 0.3) is 0 Å². The number of carbonyl (C=O) groups is 2. The summed E-state index contributed by atoms with van der Waals surface area (Å²) in [7, 11) is 0.